The summed E-state index contributed by atoms with van der Waals surface area (Å²) in [5.41, 5.74) is -0.826. The van der Waals surface area contributed by atoms with Crippen LogP contribution in [0.2, 0.25) is 0 Å². The lowest BCUT2D eigenvalue weighted by molar-refractivity contribution is 0.0632. The zero-order chi connectivity index (χ0) is 15.5. The van der Waals surface area contributed by atoms with Crippen molar-refractivity contribution < 1.29 is 29.5 Å². The molecule has 0 heterocycles. The Kier molecular flexibility index (Phi) is 4.75. The minimum Gasteiger partial charge on any atom is -0.478 e. The van der Waals surface area contributed by atoms with E-state index >= 15 is 0 Å². The molecule has 4 N–H and O–H groups in total. The van der Waals surface area contributed by atoms with Crippen LogP contribution in [0.5, 0.6) is 0 Å². The van der Waals surface area contributed by atoms with Crippen LogP contribution in [0.15, 0.2) is 18.2 Å². The fraction of sp³-hybridized carbons (Fsp3) is 0.333. The van der Waals surface area contributed by atoms with Crippen molar-refractivity contribution in [2.24, 2.45) is 0 Å². The maximum atomic E-state index is 11.6. The molecule has 0 aliphatic carbocycles. The largest absolute Gasteiger partial charge is 0.488 e. The smallest absolute Gasteiger partial charge is 0.478 e. The summed E-state index contributed by atoms with van der Waals surface area (Å²) < 4.78 is 5.02. The number of aromatic carboxylic acids is 1. The van der Waals surface area contributed by atoms with Crippen LogP contribution in [-0.2, 0) is 4.74 Å². The third-order valence-electron chi connectivity index (χ3n) is 2.15. The van der Waals surface area contributed by atoms with E-state index in [1.807, 2.05) is 0 Å². The van der Waals surface area contributed by atoms with Crippen molar-refractivity contribution in [3.05, 3.63) is 23.8 Å². The van der Waals surface area contributed by atoms with Gasteiger partial charge in [-0.25, -0.2) is 9.59 Å². The van der Waals surface area contributed by atoms with E-state index in [0.717, 1.165) is 6.07 Å². The van der Waals surface area contributed by atoms with Gasteiger partial charge in [-0.05, 0) is 44.4 Å². The first-order chi connectivity index (χ1) is 9.08. The summed E-state index contributed by atoms with van der Waals surface area (Å²) in [6.07, 6.45) is -0.765. The molecule has 1 aromatic carbocycles. The molecule has 0 aromatic heterocycles. The van der Waals surface area contributed by atoms with Crippen LogP contribution in [0, 0.1) is 0 Å². The Labute approximate surface area is 116 Å². The number of nitrogens with one attached hydrogen (secondary N) is 1. The van der Waals surface area contributed by atoms with Crippen LogP contribution in [0.4, 0.5) is 10.5 Å². The molecule has 0 radical (unpaired) electrons. The van der Waals surface area contributed by atoms with Crippen LogP contribution in [-0.4, -0.2) is 39.9 Å². The van der Waals surface area contributed by atoms with E-state index in [1.165, 1.54) is 12.1 Å². The van der Waals surface area contributed by atoms with Gasteiger partial charge in [-0.2, -0.15) is 0 Å². The molecule has 8 heteroatoms. The van der Waals surface area contributed by atoms with Crippen molar-refractivity contribution in [2.75, 3.05) is 5.32 Å². The highest BCUT2D eigenvalue weighted by Crippen LogP contribution is 2.13. The third-order valence-corrected chi connectivity index (χ3v) is 2.15. The number of carbonyl (C=O) groups excluding carboxylic acids is 1. The molecule has 0 saturated carbocycles. The molecule has 108 valence electrons. The average Bonchev–Trinajstić information content (AvgIpc) is 2.25. The molecule has 1 rings (SSSR count). The van der Waals surface area contributed by atoms with Crippen molar-refractivity contribution in [2.45, 2.75) is 26.4 Å². The van der Waals surface area contributed by atoms with Crippen molar-refractivity contribution in [1.29, 1.82) is 0 Å². The molecule has 0 aliphatic rings. The number of hydrogen-bond acceptors (Lipinski definition) is 5. The summed E-state index contributed by atoms with van der Waals surface area (Å²) in [5, 5.41) is 29.5. The molecule has 20 heavy (non-hydrogen) atoms. The minimum absolute atomic E-state index is 0.0454. The second kappa shape index (κ2) is 5.93. The lowest BCUT2D eigenvalue weighted by Crippen LogP contribution is -2.32. The Morgan fingerprint density at radius 1 is 1.20 bits per heavy atom. The minimum atomic E-state index is -1.84. The van der Waals surface area contributed by atoms with Gasteiger partial charge >= 0.3 is 19.2 Å². The summed E-state index contributed by atoms with van der Waals surface area (Å²) in [5.74, 6) is -1.25. The molecule has 1 aromatic rings. The topological polar surface area (TPSA) is 116 Å². The van der Waals surface area contributed by atoms with Crippen molar-refractivity contribution in [3.63, 3.8) is 0 Å². The van der Waals surface area contributed by atoms with Gasteiger partial charge < -0.3 is 19.9 Å². The Balaban J connectivity index is 3.00. The third kappa shape index (κ3) is 4.91. The molecule has 0 bridgehead atoms. The Morgan fingerprint density at radius 3 is 2.25 bits per heavy atom. The number of rotatable bonds is 3. The van der Waals surface area contributed by atoms with Crippen LogP contribution in [0.3, 0.4) is 0 Å². The highest BCUT2D eigenvalue weighted by molar-refractivity contribution is 6.58. The maximum absolute atomic E-state index is 11.6. The van der Waals surface area contributed by atoms with E-state index in [4.69, 9.17) is 19.9 Å². The number of ether oxygens (including phenoxy) is 1. The van der Waals surface area contributed by atoms with E-state index in [0.29, 0.717) is 0 Å². The van der Waals surface area contributed by atoms with Gasteiger partial charge in [0.05, 0.1) is 5.56 Å². The van der Waals surface area contributed by atoms with Gasteiger partial charge in [0, 0.05) is 5.69 Å². The number of carbonyl (C=O) groups is 2. The molecule has 1 amide bonds. The fourth-order valence-corrected chi connectivity index (χ4v) is 1.42. The van der Waals surface area contributed by atoms with Crippen molar-refractivity contribution in [3.8, 4) is 0 Å². The van der Waals surface area contributed by atoms with E-state index in [-0.39, 0.29) is 16.7 Å². The number of anilines is 1. The van der Waals surface area contributed by atoms with Gasteiger partial charge in [0.1, 0.15) is 5.60 Å². The van der Waals surface area contributed by atoms with Crippen LogP contribution >= 0.6 is 0 Å². The quantitative estimate of drug-likeness (QED) is 0.596. The summed E-state index contributed by atoms with van der Waals surface area (Å²) in [6, 6.07) is 3.55. The second-order valence-corrected chi connectivity index (χ2v) is 5.15. The maximum Gasteiger partial charge on any atom is 0.488 e. The first-order valence-electron chi connectivity index (χ1n) is 5.83. The zero-order valence-corrected chi connectivity index (χ0v) is 11.4. The monoisotopic (exact) mass is 281 g/mol. The number of hydrogen-bond donors (Lipinski definition) is 4. The highest BCUT2D eigenvalue weighted by Gasteiger charge is 2.19. The standard InChI is InChI=1S/C12H16BNO6/c1-12(2,3)20-11(17)14-9-5-7(10(15)16)4-8(6-9)13(18)19/h4-6,18-19H,1-3H3,(H,14,17)(H,15,16). The molecule has 0 fully saturated rings. The summed E-state index contributed by atoms with van der Waals surface area (Å²) >= 11 is 0. The van der Waals surface area contributed by atoms with Crippen LogP contribution in [0.1, 0.15) is 31.1 Å². The first kappa shape index (κ1) is 16.0. The van der Waals surface area contributed by atoms with Gasteiger partial charge in [0.2, 0.25) is 0 Å². The van der Waals surface area contributed by atoms with Crippen LogP contribution in [0.25, 0.3) is 0 Å². The second-order valence-electron chi connectivity index (χ2n) is 5.15. The van der Waals surface area contributed by atoms with Gasteiger partial charge in [-0.3, -0.25) is 5.32 Å². The number of benzene rings is 1. The van der Waals surface area contributed by atoms with Gasteiger partial charge in [-0.1, -0.05) is 0 Å². The number of carboxylic acid groups (broad SMARTS) is 1. The highest BCUT2D eigenvalue weighted by atomic mass is 16.6. The zero-order valence-electron chi connectivity index (χ0n) is 11.4. The SMILES string of the molecule is CC(C)(C)OC(=O)Nc1cc(B(O)O)cc(C(=O)O)c1. The first-order valence-corrected chi connectivity index (χ1v) is 5.83. The van der Waals surface area contributed by atoms with E-state index in [1.54, 1.807) is 20.8 Å². The predicted molar refractivity (Wildman–Crippen MR) is 73.1 cm³/mol. The molecule has 0 saturated heterocycles. The van der Waals surface area contributed by atoms with Gasteiger partial charge in [-0.15, -0.1) is 0 Å². The molecule has 0 spiro atoms. The Morgan fingerprint density at radius 2 is 1.80 bits per heavy atom. The molecule has 0 aliphatic heterocycles. The molecule has 7 nitrogen and oxygen atoms in total. The summed E-state index contributed by atoms with van der Waals surface area (Å²) in [4.78, 5) is 22.5. The van der Waals surface area contributed by atoms with Crippen molar-refractivity contribution >= 4 is 30.3 Å². The number of carboxylic acids is 1. The van der Waals surface area contributed by atoms with Crippen LogP contribution < -0.4 is 10.8 Å². The summed E-state index contributed by atoms with van der Waals surface area (Å²) in [7, 11) is -1.84. The lowest BCUT2D eigenvalue weighted by atomic mass is 9.79. The molecule has 0 atom stereocenters. The van der Waals surface area contributed by atoms with E-state index < -0.39 is 24.8 Å². The summed E-state index contributed by atoms with van der Waals surface area (Å²) in [6.45, 7) is 5.05. The predicted octanol–water partition coefficient (Wildman–Crippen LogP) is 0.412. The van der Waals surface area contributed by atoms with Gasteiger partial charge in [0.25, 0.3) is 0 Å². The van der Waals surface area contributed by atoms with Gasteiger partial charge in [0.15, 0.2) is 0 Å². The normalized spacial score (nSPS) is 10.8. The Hall–Kier alpha value is -2.06. The molecular formula is C12H16BNO6. The lowest BCUT2D eigenvalue weighted by Gasteiger charge is -2.20. The average molecular weight is 281 g/mol. The Bertz CT molecular complexity index is 523. The van der Waals surface area contributed by atoms with E-state index in [9.17, 15) is 9.59 Å². The fourth-order valence-electron chi connectivity index (χ4n) is 1.42. The molecular weight excluding hydrogens is 265 g/mol. The molecule has 0 unspecified atom stereocenters. The number of amides is 1. The van der Waals surface area contributed by atoms with Crippen molar-refractivity contribution in [1.82, 2.24) is 0 Å². The van der Waals surface area contributed by atoms with E-state index in [2.05, 4.69) is 5.32 Å².